The summed E-state index contributed by atoms with van der Waals surface area (Å²) in [6.45, 7) is 2.20. The second kappa shape index (κ2) is 5.04. The van der Waals surface area contributed by atoms with Gasteiger partial charge in [-0.15, -0.1) is 12.4 Å². The van der Waals surface area contributed by atoms with Crippen LogP contribution in [0.15, 0.2) is 36.4 Å². The first kappa shape index (κ1) is 11.9. The molecule has 0 aromatic heterocycles. The highest BCUT2D eigenvalue weighted by atomic mass is 35.5. The summed E-state index contributed by atoms with van der Waals surface area (Å²) in [7, 11) is 0. The fourth-order valence-corrected chi connectivity index (χ4v) is 1.87. The molecule has 0 aliphatic heterocycles. The lowest BCUT2D eigenvalue weighted by molar-refractivity contribution is 0.930. The number of nitrogens with two attached hydrogens (primary N) is 1. The summed E-state index contributed by atoms with van der Waals surface area (Å²) in [4.78, 5) is 0. The van der Waals surface area contributed by atoms with Crippen molar-refractivity contribution in [1.82, 2.24) is 0 Å². The van der Waals surface area contributed by atoms with Gasteiger partial charge in [0.25, 0.3) is 0 Å². The summed E-state index contributed by atoms with van der Waals surface area (Å²) >= 11 is 0. The van der Waals surface area contributed by atoms with E-state index in [2.05, 4.69) is 31.2 Å². The predicted octanol–water partition coefficient (Wildman–Crippen LogP) is 3.80. The Hall–Kier alpha value is -1.21. The second-order valence-electron chi connectivity index (χ2n) is 3.61. The van der Waals surface area contributed by atoms with E-state index in [1.807, 2.05) is 12.1 Å². The maximum absolute atomic E-state index is 5.92. The summed E-state index contributed by atoms with van der Waals surface area (Å²) < 4.78 is 0. The number of hydrogen-bond donors (Lipinski definition) is 1. The number of nitrogen functional groups attached to an aromatic ring is 1. The quantitative estimate of drug-likeness (QED) is 0.768. The van der Waals surface area contributed by atoms with Crippen LogP contribution in [0.1, 0.15) is 18.9 Å². The van der Waals surface area contributed by atoms with E-state index in [4.69, 9.17) is 5.73 Å². The minimum absolute atomic E-state index is 0. The van der Waals surface area contributed by atoms with Crippen LogP contribution < -0.4 is 5.73 Å². The van der Waals surface area contributed by atoms with Gasteiger partial charge in [-0.2, -0.15) is 0 Å². The third-order valence-corrected chi connectivity index (χ3v) is 2.57. The highest BCUT2D eigenvalue weighted by molar-refractivity contribution is 5.95. The topological polar surface area (TPSA) is 26.0 Å². The average molecular weight is 222 g/mol. The molecular formula is C13H16ClN. The van der Waals surface area contributed by atoms with Gasteiger partial charge in [0, 0.05) is 11.1 Å². The van der Waals surface area contributed by atoms with Crippen LogP contribution in [-0.2, 0) is 6.42 Å². The monoisotopic (exact) mass is 221 g/mol. The van der Waals surface area contributed by atoms with E-state index in [0.29, 0.717) is 0 Å². The first-order valence-corrected chi connectivity index (χ1v) is 5.09. The van der Waals surface area contributed by atoms with Crippen molar-refractivity contribution in [3.63, 3.8) is 0 Å². The van der Waals surface area contributed by atoms with Crippen LogP contribution in [0.3, 0.4) is 0 Å². The van der Waals surface area contributed by atoms with E-state index in [0.717, 1.165) is 12.1 Å². The molecule has 80 valence electrons. The number of fused-ring (bicyclic) bond motifs is 1. The third kappa shape index (κ3) is 2.24. The molecule has 0 aliphatic carbocycles. The molecule has 1 nitrogen and oxygen atoms in total. The standard InChI is InChI=1S/C13H15N.ClH/c1-2-5-10-8-9-13(14)12-7-4-3-6-11(10)12;/h3-4,6-9H,2,5,14H2,1H3;1H. The van der Waals surface area contributed by atoms with Crippen molar-refractivity contribution >= 4 is 28.9 Å². The minimum atomic E-state index is 0. The zero-order chi connectivity index (χ0) is 9.97. The number of benzene rings is 2. The predicted molar refractivity (Wildman–Crippen MR) is 69.6 cm³/mol. The fourth-order valence-electron chi connectivity index (χ4n) is 1.87. The molecule has 2 aromatic carbocycles. The Kier molecular flexibility index (Phi) is 3.98. The third-order valence-electron chi connectivity index (χ3n) is 2.57. The molecule has 0 saturated carbocycles. The normalized spacial score (nSPS) is 9.93. The van der Waals surface area contributed by atoms with Crippen LogP contribution in [0.4, 0.5) is 5.69 Å². The van der Waals surface area contributed by atoms with Crippen LogP contribution in [0.2, 0.25) is 0 Å². The molecule has 2 aromatic rings. The Morgan fingerprint density at radius 3 is 2.33 bits per heavy atom. The molecule has 0 fully saturated rings. The first-order chi connectivity index (χ1) is 6.83. The second-order valence-corrected chi connectivity index (χ2v) is 3.61. The lowest BCUT2D eigenvalue weighted by atomic mass is 10.00. The summed E-state index contributed by atoms with van der Waals surface area (Å²) in [6.07, 6.45) is 2.30. The van der Waals surface area contributed by atoms with E-state index in [9.17, 15) is 0 Å². The molecule has 0 saturated heterocycles. The Bertz CT molecular complexity index is 451. The molecule has 0 atom stereocenters. The van der Waals surface area contributed by atoms with Gasteiger partial charge in [-0.1, -0.05) is 43.7 Å². The lowest BCUT2D eigenvalue weighted by Gasteiger charge is -2.07. The largest absolute Gasteiger partial charge is 0.398 e. The lowest BCUT2D eigenvalue weighted by Crippen LogP contribution is -1.91. The highest BCUT2D eigenvalue weighted by Gasteiger charge is 2.01. The number of hydrogen-bond acceptors (Lipinski definition) is 1. The van der Waals surface area contributed by atoms with Crippen molar-refractivity contribution in [3.8, 4) is 0 Å². The highest BCUT2D eigenvalue weighted by Crippen LogP contribution is 2.25. The average Bonchev–Trinajstić information content (AvgIpc) is 2.23. The Balaban J connectivity index is 0.00000112. The molecule has 0 amide bonds. The van der Waals surface area contributed by atoms with Gasteiger partial charge in [0.05, 0.1) is 0 Å². The Morgan fingerprint density at radius 2 is 1.67 bits per heavy atom. The molecule has 0 aliphatic rings. The van der Waals surface area contributed by atoms with Gasteiger partial charge in [-0.25, -0.2) is 0 Å². The minimum Gasteiger partial charge on any atom is -0.398 e. The van der Waals surface area contributed by atoms with Crippen molar-refractivity contribution in [1.29, 1.82) is 0 Å². The van der Waals surface area contributed by atoms with E-state index < -0.39 is 0 Å². The van der Waals surface area contributed by atoms with Gasteiger partial charge in [0.1, 0.15) is 0 Å². The van der Waals surface area contributed by atoms with Crippen LogP contribution in [-0.4, -0.2) is 0 Å². The SMILES string of the molecule is CCCc1ccc(N)c2ccccc12.Cl. The van der Waals surface area contributed by atoms with Gasteiger partial charge in [-0.05, 0) is 23.4 Å². The van der Waals surface area contributed by atoms with E-state index in [1.54, 1.807) is 0 Å². The summed E-state index contributed by atoms with van der Waals surface area (Å²) in [6, 6.07) is 12.5. The molecule has 0 radical (unpaired) electrons. The van der Waals surface area contributed by atoms with Gasteiger partial charge in [-0.3, -0.25) is 0 Å². The van der Waals surface area contributed by atoms with Gasteiger partial charge in [0.15, 0.2) is 0 Å². The van der Waals surface area contributed by atoms with E-state index >= 15 is 0 Å². The molecular weight excluding hydrogens is 206 g/mol. The van der Waals surface area contributed by atoms with Gasteiger partial charge in [0.2, 0.25) is 0 Å². The molecule has 0 heterocycles. The van der Waals surface area contributed by atoms with Gasteiger partial charge >= 0.3 is 0 Å². The molecule has 15 heavy (non-hydrogen) atoms. The van der Waals surface area contributed by atoms with Crippen LogP contribution in [0.5, 0.6) is 0 Å². The van der Waals surface area contributed by atoms with Crippen molar-refractivity contribution in [2.75, 3.05) is 5.73 Å². The molecule has 0 bridgehead atoms. The maximum Gasteiger partial charge on any atom is 0.0393 e. The van der Waals surface area contributed by atoms with Crippen molar-refractivity contribution in [2.24, 2.45) is 0 Å². The van der Waals surface area contributed by atoms with Crippen molar-refractivity contribution < 1.29 is 0 Å². The van der Waals surface area contributed by atoms with Crippen LogP contribution in [0.25, 0.3) is 10.8 Å². The zero-order valence-electron chi connectivity index (χ0n) is 8.86. The maximum atomic E-state index is 5.92. The summed E-state index contributed by atoms with van der Waals surface area (Å²) in [5.41, 5.74) is 8.20. The van der Waals surface area contributed by atoms with E-state index in [-0.39, 0.29) is 12.4 Å². The smallest absolute Gasteiger partial charge is 0.0393 e. The van der Waals surface area contributed by atoms with Crippen LogP contribution >= 0.6 is 12.4 Å². The molecule has 2 rings (SSSR count). The number of aryl methyl sites for hydroxylation is 1. The molecule has 0 spiro atoms. The van der Waals surface area contributed by atoms with Crippen LogP contribution in [0, 0.1) is 0 Å². The van der Waals surface area contributed by atoms with Crippen molar-refractivity contribution in [2.45, 2.75) is 19.8 Å². The zero-order valence-corrected chi connectivity index (χ0v) is 9.68. The molecule has 2 N–H and O–H groups in total. The summed E-state index contributed by atoms with van der Waals surface area (Å²) in [5.74, 6) is 0. The van der Waals surface area contributed by atoms with Gasteiger partial charge < -0.3 is 5.73 Å². The van der Waals surface area contributed by atoms with E-state index in [1.165, 1.54) is 22.8 Å². The van der Waals surface area contributed by atoms with Crippen molar-refractivity contribution in [3.05, 3.63) is 42.0 Å². The first-order valence-electron chi connectivity index (χ1n) is 5.09. The number of halogens is 1. The Labute approximate surface area is 96.7 Å². The number of rotatable bonds is 2. The molecule has 2 heteroatoms. The fraction of sp³-hybridized carbons (Fsp3) is 0.231. The number of anilines is 1. The summed E-state index contributed by atoms with van der Waals surface area (Å²) in [5, 5.41) is 2.48. The molecule has 0 unspecified atom stereocenters. The Morgan fingerprint density at radius 1 is 1.00 bits per heavy atom.